The van der Waals surface area contributed by atoms with Gasteiger partial charge in [-0.15, -0.1) is 0 Å². The summed E-state index contributed by atoms with van der Waals surface area (Å²) < 4.78 is 4.66. The first-order valence-electron chi connectivity index (χ1n) is 6.23. The number of aromatic amines is 1. The fourth-order valence-electron chi connectivity index (χ4n) is 2.35. The molecule has 1 N–H and O–H groups in total. The zero-order valence-corrected chi connectivity index (χ0v) is 11.7. The van der Waals surface area contributed by atoms with E-state index in [0.717, 1.165) is 29.7 Å². The van der Waals surface area contributed by atoms with Crippen LogP contribution in [-0.4, -0.2) is 24.3 Å². The smallest absolute Gasteiger partial charge is 0.178 e. The maximum atomic E-state index is 5.39. The van der Waals surface area contributed by atoms with E-state index in [9.17, 15) is 0 Å². The van der Waals surface area contributed by atoms with Crippen LogP contribution in [0.25, 0.3) is 11.0 Å². The molecule has 0 aromatic carbocycles. The molecule has 0 aliphatic carbocycles. The van der Waals surface area contributed by atoms with E-state index in [-0.39, 0.29) is 0 Å². The monoisotopic (exact) mass is 273 g/mol. The molecule has 0 unspecified atom stereocenters. The van der Waals surface area contributed by atoms with Gasteiger partial charge in [0.15, 0.2) is 4.77 Å². The molecule has 0 bridgehead atoms. The quantitative estimate of drug-likeness (QED) is 0.746. The van der Waals surface area contributed by atoms with E-state index in [2.05, 4.69) is 32.8 Å². The molecular weight excluding hydrogens is 258 g/mol. The van der Waals surface area contributed by atoms with Gasteiger partial charge in [0.25, 0.3) is 0 Å². The summed E-state index contributed by atoms with van der Waals surface area (Å²) in [5.41, 5.74) is 4.37. The lowest BCUT2D eigenvalue weighted by Crippen LogP contribution is -2.01. The van der Waals surface area contributed by atoms with Crippen molar-refractivity contribution in [1.29, 1.82) is 0 Å². The topological polar surface area (TPSA) is 51.4 Å². The Morgan fingerprint density at radius 1 is 1.42 bits per heavy atom. The van der Waals surface area contributed by atoms with Crippen LogP contribution in [0.2, 0.25) is 0 Å². The number of fused-ring (bicyclic) bond motifs is 1. The molecule has 0 atom stereocenters. The van der Waals surface area contributed by atoms with Crippen molar-refractivity contribution in [3.63, 3.8) is 0 Å². The number of nitrogens with one attached hydrogen (secondary N) is 1. The van der Waals surface area contributed by atoms with Crippen LogP contribution < -0.4 is 0 Å². The first kappa shape index (κ1) is 12.1. The summed E-state index contributed by atoms with van der Waals surface area (Å²) in [6, 6.07) is 1.98. The van der Waals surface area contributed by atoms with Gasteiger partial charge in [0.2, 0.25) is 0 Å². The van der Waals surface area contributed by atoms with Gasteiger partial charge in [-0.1, -0.05) is 6.92 Å². The summed E-state index contributed by atoms with van der Waals surface area (Å²) in [7, 11) is 1.95. The summed E-state index contributed by atoms with van der Waals surface area (Å²) in [6.45, 7) is 2.85. The Labute approximate surface area is 115 Å². The average molecular weight is 273 g/mol. The van der Waals surface area contributed by atoms with E-state index in [1.807, 2.05) is 17.8 Å². The van der Waals surface area contributed by atoms with Gasteiger partial charge in [-0.05, 0) is 24.7 Å². The number of imidazole rings is 1. The van der Waals surface area contributed by atoms with Crippen molar-refractivity contribution in [1.82, 2.24) is 24.3 Å². The molecule has 0 amide bonds. The molecule has 0 aliphatic heterocycles. The summed E-state index contributed by atoms with van der Waals surface area (Å²) in [5, 5.41) is 4.47. The van der Waals surface area contributed by atoms with E-state index in [4.69, 9.17) is 12.2 Å². The Kier molecular flexibility index (Phi) is 2.94. The van der Waals surface area contributed by atoms with Gasteiger partial charge in [-0.3, -0.25) is 9.67 Å². The van der Waals surface area contributed by atoms with Crippen molar-refractivity contribution in [2.24, 2.45) is 7.05 Å². The lowest BCUT2D eigenvalue weighted by atomic mass is 10.2. The second-order valence-electron chi connectivity index (χ2n) is 4.54. The predicted molar refractivity (Wildman–Crippen MR) is 76.6 cm³/mol. The molecule has 0 fully saturated rings. The van der Waals surface area contributed by atoms with E-state index in [0.29, 0.717) is 4.77 Å². The third-order valence-electron chi connectivity index (χ3n) is 3.23. The zero-order chi connectivity index (χ0) is 13.4. The predicted octanol–water partition coefficient (Wildman–Crippen LogP) is 2.44. The van der Waals surface area contributed by atoms with Crippen molar-refractivity contribution in [2.45, 2.75) is 19.9 Å². The van der Waals surface area contributed by atoms with E-state index in [1.165, 1.54) is 5.56 Å². The molecular formula is C13H15N5S. The highest BCUT2D eigenvalue weighted by atomic mass is 32.1. The molecule has 0 radical (unpaired) electrons. The van der Waals surface area contributed by atoms with Gasteiger partial charge in [0, 0.05) is 25.0 Å². The van der Waals surface area contributed by atoms with E-state index < -0.39 is 0 Å². The summed E-state index contributed by atoms with van der Waals surface area (Å²) in [5.74, 6) is 0. The fourth-order valence-corrected chi connectivity index (χ4v) is 2.62. The van der Waals surface area contributed by atoms with E-state index >= 15 is 0 Å². The molecule has 3 aromatic rings. The molecule has 3 rings (SSSR count). The molecule has 3 heterocycles. The second kappa shape index (κ2) is 4.62. The van der Waals surface area contributed by atoms with Crippen LogP contribution >= 0.6 is 12.2 Å². The Bertz CT molecular complexity index is 780. The summed E-state index contributed by atoms with van der Waals surface area (Å²) >= 11 is 5.39. The maximum absolute atomic E-state index is 5.39. The standard InChI is InChI=1S/C13H15N5S/c1-3-10-9(7-17(2)16-10)8-18-12-4-5-14-6-11(12)15-13(18)19/h4-7H,3,8H2,1-2H3,(H,15,19). The van der Waals surface area contributed by atoms with Crippen molar-refractivity contribution < 1.29 is 0 Å². The van der Waals surface area contributed by atoms with Crippen molar-refractivity contribution in [2.75, 3.05) is 0 Å². The molecule has 0 spiro atoms. The molecule has 0 aliphatic rings. The Hall–Kier alpha value is -1.95. The molecule has 6 heteroatoms. The normalized spacial score (nSPS) is 11.3. The second-order valence-corrected chi connectivity index (χ2v) is 4.92. The minimum Gasteiger partial charge on any atom is -0.329 e. The summed E-state index contributed by atoms with van der Waals surface area (Å²) in [6.07, 6.45) is 6.56. The van der Waals surface area contributed by atoms with Crippen LogP contribution in [0.1, 0.15) is 18.2 Å². The Balaban J connectivity index is 2.10. The first-order chi connectivity index (χ1) is 9.19. The van der Waals surface area contributed by atoms with Crippen molar-refractivity contribution in [3.8, 4) is 0 Å². The van der Waals surface area contributed by atoms with Crippen LogP contribution in [0.4, 0.5) is 0 Å². The number of aryl methyl sites for hydroxylation is 2. The lowest BCUT2D eigenvalue weighted by Gasteiger charge is -2.03. The van der Waals surface area contributed by atoms with Crippen LogP contribution in [0, 0.1) is 4.77 Å². The highest BCUT2D eigenvalue weighted by molar-refractivity contribution is 7.71. The van der Waals surface area contributed by atoms with Gasteiger partial charge in [-0.25, -0.2) is 0 Å². The molecule has 98 valence electrons. The number of H-pyrrole nitrogens is 1. The maximum Gasteiger partial charge on any atom is 0.178 e. The fraction of sp³-hybridized carbons (Fsp3) is 0.308. The van der Waals surface area contributed by atoms with Gasteiger partial charge in [0.1, 0.15) is 0 Å². The van der Waals surface area contributed by atoms with Crippen LogP contribution in [0.15, 0.2) is 24.7 Å². The summed E-state index contributed by atoms with van der Waals surface area (Å²) in [4.78, 5) is 7.28. The van der Waals surface area contributed by atoms with Crippen LogP contribution in [0.3, 0.4) is 0 Å². The van der Waals surface area contributed by atoms with Crippen molar-refractivity contribution in [3.05, 3.63) is 40.7 Å². The van der Waals surface area contributed by atoms with Gasteiger partial charge in [0.05, 0.1) is 29.5 Å². The third kappa shape index (κ3) is 2.08. The van der Waals surface area contributed by atoms with Crippen LogP contribution in [-0.2, 0) is 20.0 Å². The first-order valence-corrected chi connectivity index (χ1v) is 6.63. The van der Waals surface area contributed by atoms with Gasteiger partial charge in [-0.2, -0.15) is 5.10 Å². The number of hydrogen-bond acceptors (Lipinski definition) is 3. The SMILES string of the molecule is CCc1nn(C)cc1Cn1c(=S)[nH]c2cnccc21. The van der Waals surface area contributed by atoms with Crippen LogP contribution in [0.5, 0.6) is 0 Å². The number of pyridine rings is 1. The van der Waals surface area contributed by atoms with Gasteiger partial charge >= 0.3 is 0 Å². The Morgan fingerprint density at radius 3 is 3.05 bits per heavy atom. The number of aromatic nitrogens is 5. The van der Waals surface area contributed by atoms with Gasteiger partial charge < -0.3 is 9.55 Å². The van der Waals surface area contributed by atoms with Crippen molar-refractivity contribution >= 4 is 23.3 Å². The average Bonchev–Trinajstić information content (AvgIpc) is 2.91. The number of nitrogens with zero attached hydrogens (tertiary/aromatic N) is 4. The molecule has 0 saturated carbocycles. The minimum atomic E-state index is 0.717. The van der Waals surface area contributed by atoms with E-state index in [1.54, 1.807) is 12.4 Å². The molecule has 5 nitrogen and oxygen atoms in total. The highest BCUT2D eigenvalue weighted by Gasteiger charge is 2.10. The Morgan fingerprint density at radius 2 is 2.26 bits per heavy atom. The molecule has 3 aromatic heterocycles. The number of rotatable bonds is 3. The molecule has 0 saturated heterocycles. The zero-order valence-electron chi connectivity index (χ0n) is 10.9. The highest BCUT2D eigenvalue weighted by Crippen LogP contribution is 2.16. The minimum absolute atomic E-state index is 0.717. The lowest BCUT2D eigenvalue weighted by molar-refractivity contribution is 0.746. The molecule has 19 heavy (non-hydrogen) atoms. The number of hydrogen-bond donors (Lipinski definition) is 1. The third-order valence-corrected chi connectivity index (χ3v) is 3.55. The largest absolute Gasteiger partial charge is 0.329 e.